The van der Waals surface area contributed by atoms with E-state index < -0.39 is 0 Å². The number of nitrogens with zero attached hydrogens (tertiary/aromatic N) is 1. The van der Waals surface area contributed by atoms with E-state index in [1.807, 2.05) is 11.8 Å². The maximum Gasteiger partial charge on any atom is 0.0758 e. The Kier molecular flexibility index (Phi) is 2.33. The molecule has 3 heteroatoms. The number of halogens is 1. The van der Waals surface area contributed by atoms with Gasteiger partial charge in [-0.15, -0.1) is 11.8 Å². The largest absolute Gasteiger partial charge is 0.333 e. The van der Waals surface area contributed by atoms with E-state index in [1.165, 1.54) is 28.8 Å². The molecule has 1 nitrogen and oxygen atoms in total. The Hall–Kier alpha value is -0.410. The molecule has 1 aromatic carbocycles. The van der Waals surface area contributed by atoms with Crippen LogP contribution in [0.5, 0.6) is 0 Å². The van der Waals surface area contributed by atoms with Crippen LogP contribution in [0, 0.1) is 0 Å². The lowest BCUT2D eigenvalue weighted by Gasteiger charge is -2.06. The normalized spacial score (nSPS) is 16.1. The van der Waals surface area contributed by atoms with Crippen LogP contribution in [0.2, 0.25) is 0 Å². The van der Waals surface area contributed by atoms with Gasteiger partial charge >= 0.3 is 0 Å². The molecule has 1 fully saturated rings. The minimum atomic E-state index is 0.756. The van der Waals surface area contributed by atoms with Crippen molar-refractivity contribution in [2.24, 2.45) is 0 Å². The van der Waals surface area contributed by atoms with Crippen molar-refractivity contribution in [1.29, 1.82) is 0 Å². The number of hydrogen-bond acceptors (Lipinski definition) is 1. The third-order valence-electron chi connectivity index (χ3n) is 2.89. The molecule has 3 rings (SSSR count). The molecule has 1 aromatic heterocycles. The van der Waals surface area contributed by atoms with Gasteiger partial charge in [-0.05, 0) is 43.4 Å². The molecule has 1 saturated carbocycles. The first kappa shape index (κ1) is 9.79. The van der Waals surface area contributed by atoms with E-state index in [9.17, 15) is 0 Å². The molecule has 78 valence electrons. The predicted octanol–water partition coefficient (Wildman–Crippen LogP) is 4.46. The highest BCUT2D eigenvalue weighted by atomic mass is 79.9. The van der Waals surface area contributed by atoms with Gasteiger partial charge in [0.2, 0.25) is 0 Å². The summed E-state index contributed by atoms with van der Waals surface area (Å²) in [5.74, 6) is 0. The lowest BCUT2D eigenvalue weighted by atomic mass is 10.2. The van der Waals surface area contributed by atoms with Crippen molar-refractivity contribution < 1.29 is 0 Å². The van der Waals surface area contributed by atoms with Gasteiger partial charge in [-0.25, -0.2) is 0 Å². The molecule has 0 bridgehead atoms. The highest BCUT2D eigenvalue weighted by Gasteiger charge is 2.26. The first-order valence-corrected chi connectivity index (χ1v) is 7.16. The lowest BCUT2D eigenvalue weighted by Crippen LogP contribution is -1.94. The van der Waals surface area contributed by atoms with Crippen molar-refractivity contribution in [1.82, 2.24) is 4.57 Å². The summed E-state index contributed by atoms with van der Waals surface area (Å²) in [4.78, 5) is 0. The average molecular weight is 282 g/mol. The minimum absolute atomic E-state index is 0.756. The molecule has 0 saturated heterocycles. The predicted molar refractivity (Wildman–Crippen MR) is 69.7 cm³/mol. The topological polar surface area (TPSA) is 4.93 Å². The summed E-state index contributed by atoms with van der Waals surface area (Å²) in [7, 11) is 0. The molecule has 0 amide bonds. The van der Waals surface area contributed by atoms with Crippen molar-refractivity contribution in [3.8, 4) is 0 Å². The molecule has 1 aliphatic carbocycles. The van der Waals surface area contributed by atoms with Crippen molar-refractivity contribution in [2.75, 3.05) is 6.26 Å². The summed E-state index contributed by atoms with van der Waals surface area (Å²) < 4.78 is 3.66. The van der Waals surface area contributed by atoms with Gasteiger partial charge in [0.25, 0.3) is 0 Å². The van der Waals surface area contributed by atoms with Crippen LogP contribution in [0.4, 0.5) is 0 Å². The summed E-state index contributed by atoms with van der Waals surface area (Å²) in [6, 6.07) is 9.60. The molecule has 0 atom stereocenters. The summed E-state index contributed by atoms with van der Waals surface area (Å²) in [6.07, 6.45) is 4.84. The fraction of sp³-hybridized carbons (Fsp3) is 0.333. The lowest BCUT2D eigenvalue weighted by molar-refractivity contribution is 0.710. The van der Waals surface area contributed by atoms with E-state index in [2.05, 4.69) is 51.0 Å². The smallest absolute Gasteiger partial charge is 0.0758 e. The van der Waals surface area contributed by atoms with Crippen LogP contribution < -0.4 is 0 Å². The van der Waals surface area contributed by atoms with Crippen LogP contribution in [0.1, 0.15) is 18.9 Å². The van der Waals surface area contributed by atoms with E-state index >= 15 is 0 Å². The second kappa shape index (κ2) is 3.56. The van der Waals surface area contributed by atoms with Crippen LogP contribution in [-0.2, 0) is 0 Å². The Bertz CT molecular complexity index is 514. The molecule has 1 heterocycles. The Balaban J connectivity index is 2.28. The van der Waals surface area contributed by atoms with Crippen molar-refractivity contribution >= 4 is 38.6 Å². The van der Waals surface area contributed by atoms with Gasteiger partial charge in [-0.3, -0.25) is 0 Å². The van der Waals surface area contributed by atoms with Gasteiger partial charge in [-0.1, -0.05) is 15.9 Å². The Morgan fingerprint density at radius 3 is 2.80 bits per heavy atom. The second-order valence-corrected chi connectivity index (χ2v) is 5.73. The molecule has 15 heavy (non-hydrogen) atoms. The summed E-state index contributed by atoms with van der Waals surface area (Å²) in [6.45, 7) is 0. The van der Waals surface area contributed by atoms with Gasteiger partial charge in [0.15, 0.2) is 0 Å². The van der Waals surface area contributed by atoms with Crippen molar-refractivity contribution in [3.05, 3.63) is 28.7 Å². The maximum absolute atomic E-state index is 3.52. The van der Waals surface area contributed by atoms with Gasteiger partial charge in [0, 0.05) is 21.4 Å². The quantitative estimate of drug-likeness (QED) is 0.736. The van der Waals surface area contributed by atoms with Crippen LogP contribution >= 0.6 is 27.7 Å². The van der Waals surface area contributed by atoms with Crippen LogP contribution in [0.15, 0.2) is 33.8 Å². The van der Waals surface area contributed by atoms with Gasteiger partial charge < -0.3 is 4.57 Å². The van der Waals surface area contributed by atoms with Crippen LogP contribution in [0.25, 0.3) is 10.9 Å². The fourth-order valence-electron chi connectivity index (χ4n) is 2.05. The number of fused-ring (bicyclic) bond motifs is 1. The van der Waals surface area contributed by atoms with Crippen molar-refractivity contribution in [2.45, 2.75) is 23.9 Å². The zero-order chi connectivity index (χ0) is 10.4. The molecule has 0 spiro atoms. The van der Waals surface area contributed by atoms with Crippen LogP contribution in [0.3, 0.4) is 0 Å². The summed E-state index contributed by atoms with van der Waals surface area (Å²) >= 11 is 5.37. The number of hydrogen-bond donors (Lipinski definition) is 0. The molecule has 1 aliphatic rings. The fourth-order valence-corrected chi connectivity index (χ4v) is 3.12. The standard InChI is InChI=1S/C12H12BrNS/c1-15-12-7-8-6-9(13)2-5-11(8)14(12)10-3-4-10/h2,5-7,10H,3-4H2,1H3. The molecule has 0 N–H and O–H groups in total. The Morgan fingerprint density at radius 1 is 1.33 bits per heavy atom. The minimum Gasteiger partial charge on any atom is -0.333 e. The van der Waals surface area contributed by atoms with Gasteiger partial charge in [0.1, 0.15) is 0 Å². The Morgan fingerprint density at radius 2 is 2.13 bits per heavy atom. The third kappa shape index (κ3) is 1.62. The number of rotatable bonds is 2. The molecule has 0 unspecified atom stereocenters. The summed E-state index contributed by atoms with van der Waals surface area (Å²) in [5.41, 5.74) is 1.38. The highest BCUT2D eigenvalue weighted by Crippen LogP contribution is 2.42. The number of thioether (sulfide) groups is 1. The highest BCUT2D eigenvalue weighted by molar-refractivity contribution is 9.10. The number of aromatic nitrogens is 1. The maximum atomic E-state index is 3.52. The zero-order valence-electron chi connectivity index (χ0n) is 8.53. The van der Waals surface area contributed by atoms with E-state index in [-0.39, 0.29) is 0 Å². The van der Waals surface area contributed by atoms with Crippen LogP contribution in [-0.4, -0.2) is 10.8 Å². The number of benzene rings is 1. The Labute approximate surface area is 102 Å². The van der Waals surface area contributed by atoms with Crippen molar-refractivity contribution in [3.63, 3.8) is 0 Å². The second-order valence-electron chi connectivity index (χ2n) is 3.99. The first-order valence-electron chi connectivity index (χ1n) is 5.14. The van der Waals surface area contributed by atoms with E-state index in [1.54, 1.807) is 0 Å². The SMILES string of the molecule is CSc1cc2cc(Br)ccc2n1C1CC1. The summed E-state index contributed by atoms with van der Waals surface area (Å²) in [5, 5.41) is 2.74. The van der Waals surface area contributed by atoms with E-state index in [0.29, 0.717) is 0 Å². The molecule has 0 radical (unpaired) electrons. The molecule has 2 aromatic rings. The monoisotopic (exact) mass is 281 g/mol. The zero-order valence-corrected chi connectivity index (χ0v) is 10.9. The van der Waals surface area contributed by atoms with E-state index in [4.69, 9.17) is 0 Å². The van der Waals surface area contributed by atoms with E-state index in [0.717, 1.165) is 10.5 Å². The third-order valence-corrected chi connectivity index (χ3v) is 4.11. The first-order chi connectivity index (χ1) is 7.29. The average Bonchev–Trinajstić information content (AvgIpc) is 2.99. The molecular formula is C12H12BrNS. The van der Waals surface area contributed by atoms with Gasteiger partial charge in [-0.2, -0.15) is 0 Å². The molecular weight excluding hydrogens is 270 g/mol. The van der Waals surface area contributed by atoms with Gasteiger partial charge in [0.05, 0.1) is 5.03 Å². The molecule has 0 aliphatic heterocycles.